The lowest BCUT2D eigenvalue weighted by Crippen LogP contribution is -2.49. The van der Waals surface area contributed by atoms with Crippen LogP contribution in [0.2, 0.25) is 0 Å². The lowest BCUT2D eigenvalue weighted by Gasteiger charge is -2.36. The first kappa shape index (κ1) is 20.6. The fraction of sp³-hybridized carbons (Fsp3) is 0.591. The number of aromatic nitrogens is 3. The number of ether oxygens (including phenoxy) is 1. The van der Waals surface area contributed by atoms with Gasteiger partial charge < -0.3 is 19.4 Å². The number of carbonyl (C=O) groups excluding carboxylic acids is 1. The van der Waals surface area contributed by atoms with Crippen molar-refractivity contribution in [2.45, 2.75) is 31.0 Å². The van der Waals surface area contributed by atoms with Gasteiger partial charge in [-0.3, -0.25) is 9.36 Å². The lowest BCUT2D eigenvalue weighted by molar-refractivity contribution is -0.128. The molecule has 2 aliphatic heterocycles. The number of aryl methyl sites for hydroxylation is 1. The van der Waals surface area contributed by atoms with E-state index in [4.69, 9.17) is 4.74 Å². The molecule has 1 aromatic heterocycles. The third kappa shape index (κ3) is 4.67. The maximum atomic E-state index is 12.9. The van der Waals surface area contributed by atoms with Crippen molar-refractivity contribution in [1.82, 2.24) is 19.7 Å². The van der Waals surface area contributed by atoms with Gasteiger partial charge in [-0.1, -0.05) is 23.9 Å². The molecular weight excluding hydrogens is 412 g/mol. The van der Waals surface area contributed by atoms with Gasteiger partial charge in [0.25, 0.3) is 0 Å². The summed E-state index contributed by atoms with van der Waals surface area (Å²) in [6, 6.07) is 9.05. The van der Waals surface area contributed by atoms with E-state index in [2.05, 4.69) is 55.8 Å². The van der Waals surface area contributed by atoms with E-state index in [0.29, 0.717) is 11.8 Å². The average molecular weight is 443 g/mol. The number of morpholine rings is 1. The number of thioether (sulfide) groups is 1. The fourth-order valence-electron chi connectivity index (χ4n) is 4.26. The standard InChI is InChI=1S/C22H30N6O2S/c1-17-3-2-4-19(15-17)25-7-9-26(10-8-25)20(29)16-31-22-24-23-21(28(22)18-5-6-18)27-11-13-30-14-12-27/h2-4,15,18H,5-14,16H2,1H3. The Labute approximate surface area is 187 Å². The van der Waals surface area contributed by atoms with Crippen LogP contribution < -0.4 is 9.80 Å². The Hall–Kier alpha value is -2.26. The summed E-state index contributed by atoms with van der Waals surface area (Å²) >= 11 is 1.53. The van der Waals surface area contributed by atoms with Crippen molar-refractivity contribution in [3.63, 3.8) is 0 Å². The lowest BCUT2D eigenvalue weighted by atomic mass is 10.2. The van der Waals surface area contributed by atoms with Gasteiger partial charge in [0.05, 0.1) is 19.0 Å². The van der Waals surface area contributed by atoms with Crippen LogP contribution in [0.3, 0.4) is 0 Å². The molecule has 8 nitrogen and oxygen atoms in total. The molecule has 9 heteroatoms. The van der Waals surface area contributed by atoms with Crippen molar-refractivity contribution >= 4 is 29.3 Å². The topological polar surface area (TPSA) is 66.7 Å². The number of benzene rings is 1. The molecule has 1 amide bonds. The van der Waals surface area contributed by atoms with Crippen LogP contribution in [0.15, 0.2) is 29.4 Å². The quantitative estimate of drug-likeness (QED) is 0.636. The van der Waals surface area contributed by atoms with Crippen LogP contribution in [-0.2, 0) is 9.53 Å². The molecule has 2 saturated heterocycles. The first-order valence-corrected chi connectivity index (χ1v) is 12.2. The number of piperazine rings is 1. The summed E-state index contributed by atoms with van der Waals surface area (Å²) in [5.74, 6) is 1.54. The predicted octanol–water partition coefficient (Wildman–Crippen LogP) is 2.20. The minimum Gasteiger partial charge on any atom is -0.378 e. The second kappa shape index (κ2) is 9.08. The molecule has 5 rings (SSSR count). The molecule has 0 N–H and O–H groups in total. The molecule has 0 bridgehead atoms. The van der Waals surface area contributed by atoms with E-state index in [1.807, 2.05) is 4.90 Å². The van der Waals surface area contributed by atoms with Crippen molar-refractivity contribution < 1.29 is 9.53 Å². The van der Waals surface area contributed by atoms with Crippen molar-refractivity contribution in [2.24, 2.45) is 0 Å². The molecule has 2 aromatic rings. The Kier molecular flexibility index (Phi) is 6.04. The number of anilines is 2. The summed E-state index contributed by atoms with van der Waals surface area (Å²) in [5, 5.41) is 9.79. The van der Waals surface area contributed by atoms with E-state index in [9.17, 15) is 4.79 Å². The fourth-order valence-corrected chi connectivity index (χ4v) is 5.16. The SMILES string of the molecule is Cc1cccc(N2CCN(C(=O)CSc3nnc(N4CCOCC4)n3C3CC3)CC2)c1. The molecule has 31 heavy (non-hydrogen) atoms. The highest BCUT2D eigenvalue weighted by Crippen LogP contribution is 2.41. The molecule has 1 aromatic carbocycles. The molecule has 0 radical (unpaired) electrons. The highest BCUT2D eigenvalue weighted by atomic mass is 32.2. The summed E-state index contributed by atoms with van der Waals surface area (Å²) in [5.41, 5.74) is 2.51. The van der Waals surface area contributed by atoms with E-state index in [1.165, 1.54) is 23.0 Å². The van der Waals surface area contributed by atoms with Gasteiger partial charge in [0.1, 0.15) is 0 Å². The first-order valence-electron chi connectivity index (χ1n) is 11.2. The molecule has 0 spiro atoms. The molecule has 0 atom stereocenters. The van der Waals surface area contributed by atoms with Crippen LogP contribution in [-0.4, -0.2) is 83.8 Å². The normalized spacial score (nSPS) is 19.7. The second-order valence-corrected chi connectivity index (χ2v) is 9.42. The minimum absolute atomic E-state index is 0.187. The number of nitrogens with zero attached hydrogens (tertiary/aromatic N) is 6. The Morgan fingerprint density at radius 3 is 2.55 bits per heavy atom. The Balaban J connectivity index is 1.17. The number of amides is 1. The summed E-state index contributed by atoms with van der Waals surface area (Å²) in [6.45, 7) is 8.55. The largest absolute Gasteiger partial charge is 0.378 e. The molecule has 0 unspecified atom stereocenters. The van der Waals surface area contributed by atoms with Crippen molar-refractivity contribution in [2.75, 3.05) is 68.0 Å². The number of carbonyl (C=O) groups is 1. The van der Waals surface area contributed by atoms with Gasteiger partial charge in [0.15, 0.2) is 5.16 Å². The van der Waals surface area contributed by atoms with E-state index >= 15 is 0 Å². The van der Waals surface area contributed by atoms with E-state index in [1.54, 1.807) is 0 Å². The molecular formula is C22H30N6O2S. The second-order valence-electron chi connectivity index (χ2n) is 8.48. The third-order valence-electron chi connectivity index (χ3n) is 6.18. The average Bonchev–Trinajstić information content (AvgIpc) is 3.57. The zero-order chi connectivity index (χ0) is 21.2. The van der Waals surface area contributed by atoms with Crippen molar-refractivity contribution in [3.8, 4) is 0 Å². The number of rotatable bonds is 6. The zero-order valence-electron chi connectivity index (χ0n) is 18.1. The highest BCUT2D eigenvalue weighted by molar-refractivity contribution is 7.99. The monoisotopic (exact) mass is 442 g/mol. The van der Waals surface area contributed by atoms with Gasteiger partial charge in [-0.2, -0.15) is 0 Å². The smallest absolute Gasteiger partial charge is 0.233 e. The van der Waals surface area contributed by atoms with Crippen molar-refractivity contribution in [1.29, 1.82) is 0 Å². The zero-order valence-corrected chi connectivity index (χ0v) is 18.9. The van der Waals surface area contributed by atoms with Crippen LogP contribution in [0, 0.1) is 6.92 Å². The molecule has 3 heterocycles. The van der Waals surface area contributed by atoms with Gasteiger partial charge >= 0.3 is 0 Å². The molecule has 3 fully saturated rings. The molecule has 166 valence electrons. The van der Waals surface area contributed by atoms with Crippen molar-refractivity contribution in [3.05, 3.63) is 29.8 Å². The van der Waals surface area contributed by atoms with Gasteiger partial charge in [0.2, 0.25) is 11.9 Å². The van der Waals surface area contributed by atoms with Crippen LogP contribution in [0.1, 0.15) is 24.4 Å². The summed E-state index contributed by atoms with van der Waals surface area (Å²) in [7, 11) is 0. The van der Waals surface area contributed by atoms with Crippen LogP contribution in [0.4, 0.5) is 11.6 Å². The number of hydrogen-bond donors (Lipinski definition) is 0. The molecule has 3 aliphatic rings. The minimum atomic E-state index is 0.187. The van der Waals surface area contributed by atoms with Gasteiger partial charge in [-0.05, 0) is 37.5 Å². The Bertz CT molecular complexity index is 916. The van der Waals surface area contributed by atoms with Crippen LogP contribution in [0.25, 0.3) is 0 Å². The Morgan fingerprint density at radius 2 is 1.84 bits per heavy atom. The first-order chi connectivity index (χ1) is 15.2. The Morgan fingerprint density at radius 1 is 1.06 bits per heavy atom. The van der Waals surface area contributed by atoms with Crippen LogP contribution in [0.5, 0.6) is 0 Å². The summed E-state index contributed by atoms with van der Waals surface area (Å²) < 4.78 is 7.72. The summed E-state index contributed by atoms with van der Waals surface area (Å²) in [6.07, 6.45) is 2.33. The maximum Gasteiger partial charge on any atom is 0.233 e. The van der Waals surface area contributed by atoms with Crippen LogP contribution >= 0.6 is 11.8 Å². The highest BCUT2D eigenvalue weighted by Gasteiger charge is 2.32. The number of hydrogen-bond acceptors (Lipinski definition) is 7. The van der Waals surface area contributed by atoms with E-state index < -0.39 is 0 Å². The molecule has 1 saturated carbocycles. The maximum absolute atomic E-state index is 12.9. The van der Waals surface area contributed by atoms with Gasteiger partial charge in [-0.25, -0.2) is 0 Å². The summed E-state index contributed by atoms with van der Waals surface area (Å²) in [4.78, 5) is 19.5. The van der Waals surface area contributed by atoms with E-state index in [-0.39, 0.29) is 5.91 Å². The van der Waals surface area contributed by atoms with Gasteiger partial charge in [0, 0.05) is 51.0 Å². The third-order valence-corrected chi connectivity index (χ3v) is 7.10. The van der Waals surface area contributed by atoms with E-state index in [0.717, 1.165) is 76.4 Å². The molecule has 1 aliphatic carbocycles. The predicted molar refractivity (Wildman–Crippen MR) is 122 cm³/mol. The van der Waals surface area contributed by atoms with Gasteiger partial charge in [-0.15, -0.1) is 10.2 Å².